The lowest BCUT2D eigenvalue weighted by Crippen LogP contribution is -2.42. The summed E-state index contributed by atoms with van der Waals surface area (Å²) in [6.07, 6.45) is 3.66. The predicted molar refractivity (Wildman–Crippen MR) is 68.2 cm³/mol. The summed E-state index contributed by atoms with van der Waals surface area (Å²) in [5.74, 6) is 0. The molecule has 1 aromatic heterocycles. The van der Waals surface area contributed by atoms with Crippen molar-refractivity contribution >= 4 is 11.3 Å². The summed E-state index contributed by atoms with van der Waals surface area (Å²) in [6, 6.07) is 0.662. The molecular weight excluding hydrogens is 234 g/mol. The van der Waals surface area contributed by atoms with Gasteiger partial charge in [-0.15, -0.1) is 11.3 Å². The van der Waals surface area contributed by atoms with Crippen molar-refractivity contribution in [3.8, 4) is 0 Å². The lowest BCUT2D eigenvalue weighted by molar-refractivity contribution is -0.0502. The van der Waals surface area contributed by atoms with Gasteiger partial charge in [-0.05, 0) is 25.9 Å². The van der Waals surface area contributed by atoms with E-state index >= 15 is 0 Å². The number of aromatic nitrogens is 1. The van der Waals surface area contributed by atoms with Crippen LogP contribution in [-0.4, -0.2) is 42.2 Å². The average molecular weight is 253 g/mol. The minimum absolute atomic E-state index is 0.181. The highest BCUT2D eigenvalue weighted by atomic mass is 32.1. The molecule has 3 rings (SSSR count). The van der Waals surface area contributed by atoms with Gasteiger partial charge in [-0.1, -0.05) is 0 Å². The highest BCUT2D eigenvalue weighted by Gasteiger charge is 2.33. The second-order valence-electron chi connectivity index (χ2n) is 4.83. The molecule has 4 nitrogen and oxygen atoms in total. The first-order chi connectivity index (χ1) is 8.36. The smallest absolute Gasteiger partial charge is 0.123 e. The molecule has 2 saturated heterocycles. The van der Waals surface area contributed by atoms with Crippen molar-refractivity contribution in [1.29, 1.82) is 0 Å². The molecule has 0 amide bonds. The first-order valence-electron chi connectivity index (χ1n) is 6.37. The zero-order chi connectivity index (χ0) is 11.7. The van der Waals surface area contributed by atoms with Gasteiger partial charge in [0, 0.05) is 24.4 Å². The van der Waals surface area contributed by atoms with E-state index in [2.05, 4.69) is 15.3 Å². The number of morpholine rings is 1. The second-order valence-corrected chi connectivity index (χ2v) is 5.72. The van der Waals surface area contributed by atoms with Gasteiger partial charge < -0.3 is 10.5 Å². The van der Waals surface area contributed by atoms with Crippen molar-refractivity contribution in [2.75, 3.05) is 26.2 Å². The molecule has 0 radical (unpaired) electrons. The van der Waals surface area contributed by atoms with E-state index in [1.165, 1.54) is 19.4 Å². The fourth-order valence-corrected chi connectivity index (χ4v) is 3.59. The molecule has 2 aliphatic heterocycles. The molecule has 2 fully saturated rings. The molecule has 5 heteroatoms. The van der Waals surface area contributed by atoms with Gasteiger partial charge in [-0.3, -0.25) is 4.90 Å². The maximum Gasteiger partial charge on any atom is 0.123 e. The van der Waals surface area contributed by atoms with Gasteiger partial charge >= 0.3 is 0 Å². The van der Waals surface area contributed by atoms with Gasteiger partial charge in [0.15, 0.2) is 0 Å². The minimum atomic E-state index is 0.181. The zero-order valence-electron chi connectivity index (χ0n) is 9.97. The van der Waals surface area contributed by atoms with Crippen molar-refractivity contribution in [1.82, 2.24) is 9.88 Å². The third-order valence-electron chi connectivity index (χ3n) is 3.63. The molecule has 1 aromatic rings. The maximum atomic E-state index is 5.94. The van der Waals surface area contributed by atoms with Gasteiger partial charge in [-0.25, -0.2) is 4.98 Å². The van der Waals surface area contributed by atoms with Gasteiger partial charge in [0.2, 0.25) is 0 Å². The van der Waals surface area contributed by atoms with Crippen LogP contribution in [0.25, 0.3) is 0 Å². The van der Waals surface area contributed by atoms with Crippen LogP contribution in [0.2, 0.25) is 0 Å². The number of thiazole rings is 1. The third kappa shape index (κ3) is 2.38. The van der Waals surface area contributed by atoms with Crippen LogP contribution >= 0.6 is 11.3 Å². The first kappa shape index (κ1) is 11.6. The number of hydrogen-bond donors (Lipinski definition) is 1. The summed E-state index contributed by atoms with van der Waals surface area (Å²) in [5.41, 5.74) is 6.65. The third-order valence-corrected chi connectivity index (χ3v) is 4.62. The normalized spacial score (nSPS) is 29.5. The van der Waals surface area contributed by atoms with Crippen LogP contribution in [0.4, 0.5) is 0 Å². The Hall–Kier alpha value is -0.490. The quantitative estimate of drug-likeness (QED) is 0.879. The summed E-state index contributed by atoms with van der Waals surface area (Å²) >= 11 is 1.71. The van der Waals surface area contributed by atoms with Crippen LogP contribution in [0.1, 0.15) is 29.6 Å². The topological polar surface area (TPSA) is 51.4 Å². The van der Waals surface area contributed by atoms with E-state index in [4.69, 9.17) is 10.5 Å². The number of ether oxygens (including phenoxy) is 1. The summed E-state index contributed by atoms with van der Waals surface area (Å²) in [7, 11) is 0. The van der Waals surface area contributed by atoms with E-state index in [-0.39, 0.29) is 6.10 Å². The Kier molecular flexibility index (Phi) is 3.42. The molecule has 3 heterocycles. The van der Waals surface area contributed by atoms with Crippen molar-refractivity contribution in [2.24, 2.45) is 5.73 Å². The molecule has 17 heavy (non-hydrogen) atoms. The molecule has 0 spiro atoms. The molecular formula is C12H19N3OS. The van der Waals surface area contributed by atoms with Crippen LogP contribution in [0, 0.1) is 0 Å². The van der Waals surface area contributed by atoms with E-state index in [1.807, 2.05) is 0 Å². The molecule has 0 aliphatic carbocycles. The maximum absolute atomic E-state index is 5.94. The van der Waals surface area contributed by atoms with E-state index in [0.29, 0.717) is 12.6 Å². The lowest BCUT2D eigenvalue weighted by atomic mass is 10.2. The number of nitrogens with two attached hydrogens (primary N) is 1. The highest BCUT2D eigenvalue weighted by molar-refractivity contribution is 7.09. The number of rotatable bonds is 3. The fraction of sp³-hybridized carbons (Fsp3) is 0.750. The number of hydrogen-bond acceptors (Lipinski definition) is 5. The average Bonchev–Trinajstić information content (AvgIpc) is 2.96. The Morgan fingerprint density at radius 2 is 2.53 bits per heavy atom. The molecule has 0 saturated carbocycles. The Balaban J connectivity index is 1.67. The van der Waals surface area contributed by atoms with Crippen LogP contribution in [0.15, 0.2) is 5.38 Å². The van der Waals surface area contributed by atoms with Crippen molar-refractivity contribution in [2.45, 2.75) is 31.4 Å². The largest absolute Gasteiger partial charge is 0.368 e. The molecule has 2 atom stereocenters. The summed E-state index contributed by atoms with van der Waals surface area (Å²) in [4.78, 5) is 7.18. The monoisotopic (exact) mass is 253 g/mol. The van der Waals surface area contributed by atoms with Crippen LogP contribution in [-0.2, 0) is 11.2 Å². The SMILES string of the molecule is NCCc1csc(C2CN3CCCC3CO2)n1. The highest BCUT2D eigenvalue weighted by Crippen LogP contribution is 2.31. The van der Waals surface area contributed by atoms with E-state index in [9.17, 15) is 0 Å². The van der Waals surface area contributed by atoms with E-state index < -0.39 is 0 Å². The molecule has 0 aromatic carbocycles. The van der Waals surface area contributed by atoms with Crippen molar-refractivity contribution in [3.05, 3.63) is 16.1 Å². The zero-order valence-corrected chi connectivity index (χ0v) is 10.8. The van der Waals surface area contributed by atoms with Crippen LogP contribution in [0.3, 0.4) is 0 Å². The molecule has 2 N–H and O–H groups in total. The standard InChI is InChI=1S/C12H19N3OS/c13-4-3-9-8-17-12(14-9)11-6-15-5-1-2-10(15)7-16-11/h8,10-11H,1-7,13H2. The Bertz CT molecular complexity index is 382. The second kappa shape index (κ2) is 5.02. The Morgan fingerprint density at radius 3 is 3.41 bits per heavy atom. The van der Waals surface area contributed by atoms with Gasteiger partial charge in [0.25, 0.3) is 0 Å². The van der Waals surface area contributed by atoms with E-state index in [0.717, 1.165) is 30.3 Å². The predicted octanol–water partition coefficient (Wildman–Crippen LogP) is 1.18. The van der Waals surface area contributed by atoms with Crippen molar-refractivity contribution in [3.63, 3.8) is 0 Å². The van der Waals surface area contributed by atoms with Crippen molar-refractivity contribution < 1.29 is 4.74 Å². The van der Waals surface area contributed by atoms with Crippen LogP contribution in [0.5, 0.6) is 0 Å². The van der Waals surface area contributed by atoms with Crippen LogP contribution < -0.4 is 5.73 Å². The van der Waals surface area contributed by atoms with Gasteiger partial charge in [0.05, 0.1) is 12.3 Å². The summed E-state index contributed by atoms with van der Waals surface area (Å²) < 4.78 is 5.94. The Morgan fingerprint density at radius 1 is 1.59 bits per heavy atom. The first-order valence-corrected chi connectivity index (χ1v) is 7.25. The Labute approximate surface area is 106 Å². The molecule has 2 aliphatic rings. The molecule has 94 valence electrons. The number of fused-ring (bicyclic) bond motifs is 1. The number of nitrogens with zero attached hydrogens (tertiary/aromatic N) is 2. The summed E-state index contributed by atoms with van der Waals surface area (Å²) in [5, 5.41) is 3.24. The molecule has 0 bridgehead atoms. The van der Waals surface area contributed by atoms with Gasteiger partial charge in [0.1, 0.15) is 11.1 Å². The lowest BCUT2D eigenvalue weighted by Gasteiger charge is -2.34. The minimum Gasteiger partial charge on any atom is -0.368 e. The fourth-order valence-electron chi connectivity index (χ4n) is 2.70. The van der Waals surface area contributed by atoms with Gasteiger partial charge in [-0.2, -0.15) is 0 Å². The summed E-state index contributed by atoms with van der Waals surface area (Å²) in [6.45, 7) is 3.78. The van der Waals surface area contributed by atoms with E-state index in [1.54, 1.807) is 11.3 Å². The molecule has 2 unspecified atom stereocenters.